The molecule has 0 aliphatic carbocycles. The molecule has 2 unspecified atom stereocenters. The lowest BCUT2D eigenvalue weighted by atomic mass is 10.2. The molecule has 0 bridgehead atoms. The first-order chi connectivity index (χ1) is 4.88. The molecule has 0 spiro atoms. The van der Waals surface area contributed by atoms with Crippen LogP contribution in [0.2, 0.25) is 0 Å². The highest BCUT2D eigenvalue weighted by Gasteiger charge is 2.39. The molecule has 0 aromatic rings. The molecule has 2 nitrogen and oxygen atoms in total. The van der Waals surface area contributed by atoms with Crippen LogP contribution >= 0.6 is 0 Å². The lowest BCUT2D eigenvalue weighted by molar-refractivity contribution is -0.211. The van der Waals surface area contributed by atoms with Crippen molar-refractivity contribution >= 4 is 0 Å². The molecule has 0 aliphatic heterocycles. The first kappa shape index (κ1) is 10.6. The van der Waals surface area contributed by atoms with Gasteiger partial charge in [-0.3, -0.25) is 0 Å². The molecule has 68 valence electrons. The normalized spacial score (nSPS) is 18.0. The van der Waals surface area contributed by atoms with E-state index in [1.807, 2.05) is 0 Å². The van der Waals surface area contributed by atoms with Gasteiger partial charge in [0.05, 0.1) is 6.10 Å². The molecule has 2 N–H and O–H groups in total. The third-order valence-electron chi connectivity index (χ3n) is 1.05. The van der Waals surface area contributed by atoms with Gasteiger partial charge in [-0.25, -0.2) is 4.39 Å². The summed E-state index contributed by atoms with van der Waals surface area (Å²) in [5.74, 6) is 0. The second-order valence-electron chi connectivity index (χ2n) is 2.10. The minimum Gasteiger partial charge on any atom is -0.390 e. The Balaban J connectivity index is 3.77. The smallest absolute Gasteiger partial charge is 0.390 e. The van der Waals surface area contributed by atoms with E-state index in [9.17, 15) is 17.6 Å². The number of aliphatic hydroxyl groups is 2. The van der Waals surface area contributed by atoms with Crippen molar-refractivity contribution in [1.82, 2.24) is 0 Å². The van der Waals surface area contributed by atoms with Crippen molar-refractivity contribution in [3.63, 3.8) is 0 Å². The number of alkyl halides is 4. The van der Waals surface area contributed by atoms with Gasteiger partial charge in [0.25, 0.3) is 0 Å². The van der Waals surface area contributed by atoms with Gasteiger partial charge in [-0.15, -0.1) is 0 Å². The van der Waals surface area contributed by atoms with E-state index >= 15 is 0 Å². The van der Waals surface area contributed by atoms with Gasteiger partial charge in [-0.1, -0.05) is 0 Å². The van der Waals surface area contributed by atoms with Gasteiger partial charge < -0.3 is 10.2 Å². The number of hydrogen-bond acceptors (Lipinski definition) is 2. The summed E-state index contributed by atoms with van der Waals surface area (Å²) in [6.07, 6.45) is -10.2. The predicted octanol–water partition coefficient (Wildman–Crippen LogP) is 0.630. The molecule has 0 fully saturated rings. The van der Waals surface area contributed by atoms with Crippen LogP contribution in [-0.2, 0) is 0 Å². The van der Waals surface area contributed by atoms with Crippen LogP contribution in [0.4, 0.5) is 17.6 Å². The Labute approximate surface area is 60.4 Å². The molecule has 0 radical (unpaired) electrons. The van der Waals surface area contributed by atoms with E-state index in [2.05, 4.69) is 0 Å². The van der Waals surface area contributed by atoms with Crippen LogP contribution in [0.1, 0.15) is 6.42 Å². The average Bonchev–Trinajstić information content (AvgIpc) is 1.85. The van der Waals surface area contributed by atoms with Crippen molar-refractivity contribution in [2.24, 2.45) is 0 Å². The van der Waals surface area contributed by atoms with E-state index in [-0.39, 0.29) is 0 Å². The maximum absolute atomic E-state index is 11.5. The molecule has 0 heterocycles. The average molecular weight is 176 g/mol. The maximum atomic E-state index is 11.5. The van der Waals surface area contributed by atoms with Crippen LogP contribution < -0.4 is 0 Å². The SMILES string of the molecule is OC(CF)CC(O)C(F)(F)F. The highest BCUT2D eigenvalue weighted by Crippen LogP contribution is 2.23. The van der Waals surface area contributed by atoms with Crippen LogP contribution in [0.15, 0.2) is 0 Å². The molecule has 0 aromatic carbocycles. The standard InChI is InChI=1S/C5H8F4O2/c6-2-3(10)1-4(11)5(7,8)9/h3-4,10-11H,1-2H2. The Morgan fingerprint density at radius 3 is 1.91 bits per heavy atom. The highest BCUT2D eigenvalue weighted by atomic mass is 19.4. The Hall–Kier alpha value is -0.360. The van der Waals surface area contributed by atoms with Crippen molar-refractivity contribution in [3.05, 3.63) is 0 Å². The quantitative estimate of drug-likeness (QED) is 0.619. The lowest BCUT2D eigenvalue weighted by Gasteiger charge is -2.15. The lowest BCUT2D eigenvalue weighted by Crippen LogP contribution is -2.32. The van der Waals surface area contributed by atoms with Gasteiger partial charge in [0.15, 0.2) is 6.10 Å². The zero-order chi connectivity index (χ0) is 9.07. The fourth-order valence-electron chi connectivity index (χ4n) is 0.454. The summed E-state index contributed by atoms with van der Waals surface area (Å²) in [6.45, 7) is -1.28. The Kier molecular flexibility index (Phi) is 3.74. The third kappa shape index (κ3) is 4.15. The molecule has 0 saturated heterocycles. The molecule has 0 rings (SSSR count). The molecule has 0 aliphatic rings. The van der Waals surface area contributed by atoms with Gasteiger partial charge in [0, 0.05) is 6.42 Å². The molecular formula is C5H8F4O2. The maximum Gasteiger partial charge on any atom is 0.414 e. The number of hydrogen-bond donors (Lipinski definition) is 2. The number of halogens is 4. The highest BCUT2D eigenvalue weighted by molar-refractivity contribution is 4.69. The van der Waals surface area contributed by atoms with Crippen LogP contribution in [0.25, 0.3) is 0 Å². The number of rotatable bonds is 3. The Bertz CT molecular complexity index is 114. The summed E-state index contributed by atoms with van der Waals surface area (Å²) < 4.78 is 45.8. The minimum absolute atomic E-state index is 1.01. The zero-order valence-electron chi connectivity index (χ0n) is 5.48. The third-order valence-corrected chi connectivity index (χ3v) is 1.05. The first-order valence-corrected chi connectivity index (χ1v) is 2.86. The molecule has 6 heteroatoms. The first-order valence-electron chi connectivity index (χ1n) is 2.86. The van der Waals surface area contributed by atoms with Crippen LogP contribution in [0.3, 0.4) is 0 Å². The molecule has 11 heavy (non-hydrogen) atoms. The fourth-order valence-corrected chi connectivity index (χ4v) is 0.454. The van der Waals surface area contributed by atoms with Gasteiger partial charge in [0.1, 0.15) is 6.67 Å². The monoisotopic (exact) mass is 176 g/mol. The zero-order valence-corrected chi connectivity index (χ0v) is 5.48. The van der Waals surface area contributed by atoms with E-state index in [0.29, 0.717) is 0 Å². The number of aliphatic hydroxyl groups excluding tert-OH is 2. The van der Waals surface area contributed by atoms with Crippen LogP contribution in [0.5, 0.6) is 0 Å². The second-order valence-corrected chi connectivity index (χ2v) is 2.10. The van der Waals surface area contributed by atoms with E-state index in [1.165, 1.54) is 0 Å². The van der Waals surface area contributed by atoms with Crippen molar-refractivity contribution in [3.8, 4) is 0 Å². The molecule has 2 atom stereocenters. The topological polar surface area (TPSA) is 40.5 Å². The van der Waals surface area contributed by atoms with Crippen molar-refractivity contribution in [2.75, 3.05) is 6.67 Å². The fraction of sp³-hybridized carbons (Fsp3) is 1.00. The van der Waals surface area contributed by atoms with Crippen LogP contribution in [0, 0.1) is 0 Å². The van der Waals surface area contributed by atoms with Gasteiger partial charge in [-0.05, 0) is 0 Å². The van der Waals surface area contributed by atoms with Gasteiger partial charge in [-0.2, -0.15) is 13.2 Å². The van der Waals surface area contributed by atoms with E-state index in [1.54, 1.807) is 0 Å². The van der Waals surface area contributed by atoms with Crippen molar-refractivity contribution in [1.29, 1.82) is 0 Å². The van der Waals surface area contributed by atoms with Gasteiger partial charge in [0.2, 0.25) is 0 Å². The van der Waals surface area contributed by atoms with E-state index in [0.717, 1.165) is 0 Å². The summed E-state index contributed by atoms with van der Waals surface area (Å²) in [5.41, 5.74) is 0. The summed E-state index contributed by atoms with van der Waals surface area (Å²) in [6, 6.07) is 0. The molecule has 0 saturated carbocycles. The summed E-state index contributed by atoms with van der Waals surface area (Å²) in [4.78, 5) is 0. The summed E-state index contributed by atoms with van der Waals surface area (Å²) in [5, 5.41) is 16.6. The molecular weight excluding hydrogens is 168 g/mol. The minimum atomic E-state index is -4.78. The van der Waals surface area contributed by atoms with Crippen LogP contribution in [-0.4, -0.2) is 35.3 Å². The Morgan fingerprint density at radius 1 is 1.18 bits per heavy atom. The second kappa shape index (κ2) is 3.87. The summed E-state index contributed by atoms with van der Waals surface area (Å²) in [7, 11) is 0. The van der Waals surface area contributed by atoms with Crippen molar-refractivity contribution in [2.45, 2.75) is 24.8 Å². The van der Waals surface area contributed by atoms with E-state index < -0.39 is 31.5 Å². The predicted molar refractivity (Wildman–Crippen MR) is 28.7 cm³/mol. The summed E-state index contributed by atoms with van der Waals surface area (Å²) >= 11 is 0. The largest absolute Gasteiger partial charge is 0.414 e. The molecule has 0 amide bonds. The van der Waals surface area contributed by atoms with E-state index in [4.69, 9.17) is 10.2 Å². The Morgan fingerprint density at radius 2 is 1.64 bits per heavy atom. The van der Waals surface area contributed by atoms with Crippen molar-refractivity contribution < 1.29 is 27.8 Å². The molecule has 0 aromatic heterocycles. The van der Waals surface area contributed by atoms with Gasteiger partial charge >= 0.3 is 6.18 Å².